The Morgan fingerprint density at radius 3 is 2.70 bits per heavy atom. The van der Waals surface area contributed by atoms with Crippen LogP contribution >= 0.6 is 11.8 Å². The molecule has 0 bridgehead atoms. The van der Waals surface area contributed by atoms with Crippen LogP contribution in [0.3, 0.4) is 0 Å². The fourth-order valence-electron chi connectivity index (χ4n) is 1.71. The van der Waals surface area contributed by atoms with Gasteiger partial charge in [0, 0.05) is 23.9 Å². The fraction of sp³-hybridized carbons (Fsp3) is 0.385. The number of nitrogens with one attached hydrogen (secondary N) is 1. The zero-order valence-electron chi connectivity index (χ0n) is 11.5. The molecule has 0 saturated heterocycles. The molecule has 5 nitrogen and oxygen atoms in total. The lowest BCUT2D eigenvalue weighted by atomic mass is 10.2. The van der Waals surface area contributed by atoms with Gasteiger partial charge in [0.05, 0.1) is 11.3 Å². The third-order valence-corrected chi connectivity index (χ3v) is 4.67. The van der Waals surface area contributed by atoms with Crippen LogP contribution in [0.5, 0.6) is 0 Å². The first-order valence-corrected chi connectivity index (χ1v) is 9.35. The first-order valence-electron chi connectivity index (χ1n) is 6.31. The molecule has 0 aliphatic heterocycles. The van der Waals surface area contributed by atoms with Crippen LogP contribution in [-0.4, -0.2) is 42.7 Å². The van der Waals surface area contributed by atoms with Crippen molar-refractivity contribution in [3.05, 3.63) is 24.3 Å². The van der Waals surface area contributed by atoms with Crippen LogP contribution in [0.15, 0.2) is 29.4 Å². The molecule has 0 aliphatic carbocycles. The highest BCUT2D eigenvalue weighted by Crippen LogP contribution is 2.24. The predicted molar refractivity (Wildman–Crippen MR) is 84.1 cm³/mol. The normalized spacial score (nSPS) is 11.7. The van der Waals surface area contributed by atoms with E-state index in [1.165, 1.54) is 18.0 Å². The van der Waals surface area contributed by atoms with Crippen molar-refractivity contribution >= 4 is 38.3 Å². The van der Waals surface area contributed by atoms with Crippen LogP contribution in [0.2, 0.25) is 0 Å². The first kappa shape index (κ1) is 15.1. The molecule has 1 N–H and O–H groups in total. The minimum absolute atomic E-state index is 0.129. The summed E-state index contributed by atoms with van der Waals surface area (Å²) < 4.78 is 22.3. The second-order valence-corrected chi connectivity index (χ2v) is 7.70. The molecule has 1 aromatic heterocycles. The molecule has 0 radical (unpaired) electrons. The summed E-state index contributed by atoms with van der Waals surface area (Å²) in [6.45, 7) is 2.78. The van der Waals surface area contributed by atoms with Crippen molar-refractivity contribution < 1.29 is 8.42 Å². The molecule has 0 saturated carbocycles. The number of para-hydroxylation sites is 1. The maximum Gasteiger partial charge on any atom is 0.190 e. The minimum atomic E-state index is -2.95. The molecule has 0 spiro atoms. The van der Waals surface area contributed by atoms with Crippen LogP contribution in [0.25, 0.3) is 10.9 Å². The van der Waals surface area contributed by atoms with Crippen molar-refractivity contribution in [2.24, 2.45) is 0 Å². The van der Waals surface area contributed by atoms with E-state index >= 15 is 0 Å². The van der Waals surface area contributed by atoms with E-state index in [0.29, 0.717) is 10.9 Å². The van der Waals surface area contributed by atoms with Crippen molar-refractivity contribution in [1.82, 2.24) is 9.97 Å². The zero-order chi connectivity index (χ0) is 14.6. The Morgan fingerprint density at radius 1 is 1.25 bits per heavy atom. The predicted octanol–water partition coefficient (Wildman–Crippen LogP) is 2.20. The van der Waals surface area contributed by atoms with E-state index in [4.69, 9.17) is 0 Å². The molecule has 2 rings (SSSR count). The summed E-state index contributed by atoms with van der Waals surface area (Å²) in [5, 5.41) is 4.79. The maximum absolute atomic E-state index is 11.1. The number of sulfone groups is 1. The van der Waals surface area contributed by atoms with Crippen LogP contribution < -0.4 is 5.32 Å². The van der Waals surface area contributed by atoms with E-state index < -0.39 is 9.84 Å². The van der Waals surface area contributed by atoms with Gasteiger partial charge in [0.25, 0.3) is 0 Å². The van der Waals surface area contributed by atoms with Gasteiger partial charge in [-0.05, 0) is 19.1 Å². The average molecular weight is 311 g/mol. The van der Waals surface area contributed by atoms with Gasteiger partial charge in [-0.25, -0.2) is 18.4 Å². The van der Waals surface area contributed by atoms with Gasteiger partial charge >= 0.3 is 0 Å². The van der Waals surface area contributed by atoms with E-state index in [1.54, 1.807) is 0 Å². The standard InChI is InChI=1S/C13H17N3O2S2/c1-3-14-12-10-6-4-5-7-11(10)15-13(16-12)19-8-9-20(2,17)18/h4-7H,3,8-9H2,1-2H3,(H,14,15,16). The van der Waals surface area contributed by atoms with E-state index in [2.05, 4.69) is 15.3 Å². The molecule has 7 heteroatoms. The lowest BCUT2D eigenvalue weighted by molar-refractivity contribution is 0.603. The molecule has 108 valence electrons. The molecule has 2 aromatic rings. The summed E-state index contributed by atoms with van der Waals surface area (Å²) in [6, 6.07) is 7.77. The number of anilines is 1. The summed E-state index contributed by atoms with van der Waals surface area (Å²) in [7, 11) is -2.95. The summed E-state index contributed by atoms with van der Waals surface area (Å²) in [5.41, 5.74) is 0.861. The van der Waals surface area contributed by atoms with Gasteiger partial charge in [0.15, 0.2) is 5.16 Å². The lowest BCUT2D eigenvalue weighted by Gasteiger charge is -2.08. The van der Waals surface area contributed by atoms with Crippen molar-refractivity contribution in [2.45, 2.75) is 12.1 Å². The van der Waals surface area contributed by atoms with Gasteiger partial charge in [-0.15, -0.1) is 0 Å². The Labute approximate surface area is 123 Å². The molecule has 0 fully saturated rings. The maximum atomic E-state index is 11.1. The number of benzene rings is 1. The summed E-state index contributed by atoms with van der Waals surface area (Å²) in [5.74, 6) is 1.38. The average Bonchev–Trinajstić information content (AvgIpc) is 2.37. The van der Waals surface area contributed by atoms with Crippen molar-refractivity contribution in [3.63, 3.8) is 0 Å². The Balaban J connectivity index is 2.25. The van der Waals surface area contributed by atoms with Crippen LogP contribution in [0, 0.1) is 0 Å². The van der Waals surface area contributed by atoms with Gasteiger partial charge in [-0.2, -0.15) is 0 Å². The zero-order valence-corrected chi connectivity index (χ0v) is 13.1. The fourth-order valence-corrected chi connectivity index (χ4v) is 3.75. The molecule has 0 aliphatic rings. The second kappa shape index (κ2) is 6.41. The molecule has 1 heterocycles. The number of aromatic nitrogens is 2. The number of hydrogen-bond acceptors (Lipinski definition) is 6. The van der Waals surface area contributed by atoms with E-state index in [1.807, 2.05) is 31.2 Å². The van der Waals surface area contributed by atoms with Gasteiger partial charge in [0.1, 0.15) is 15.7 Å². The van der Waals surface area contributed by atoms with Gasteiger partial charge in [-0.1, -0.05) is 23.9 Å². The van der Waals surface area contributed by atoms with Crippen LogP contribution in [0.4, 0.5) is 5.82 Å². The van der Waals surface area contributed by atoms with E-state index in [-0.39, 0.29) is 5.75 Å². The second-order valence-electron chi connectivity index (χ2n) is 4.38. The highest BCUT2D eigenvalue weighted by atomic mass is 32.2. The van der Waals surface area contributed by atoms with Gasteiger partial charge < -0.3 is 5.32 Å². The minimum Gasteiger partial charge on any atom is -0.370 e. The van der Waals surface area contributed by atoms with Gasteiger partial charge in [0.2, 0.25) is 0 Å². The topological polar surface area (TPSA) is 72.0 Å². The molecule has 0 unspecified atom stereocenters. The van der Waals surface area contributed by atoms with Crippen molar-refractivity contribution in [2.75, 3.05) is 29.6 Å². The highest BCUT2D eigenvalue weighted by molar-refractivity contribution is 8.00. The Hall–Kier alpha value is -1.34. The number of hydrogen-bond donors (Lipinski definition) is 1. The van der Waals surface area contributed by atoms with E-state index in [9.17, 15) is 8.42 Å². The molecule has 1 aromatic carbocycles. The Kier molecular flexibility index (Phi) is 4.82. The summed E-state index contributed by atoms with van der Waals surface area (Å²) in [4.78, 5) is 8.91. The molecular weight excluding hydrogens is 294 g/mol. The number of nitrogens with zero attached hydrogens (tertiary/aromatic N) is 2. The Bertz CT molecular complexity index is 702. The molecular formula is C13H17N3O2S2. The lowest BCUT2D eigenvalue weighted by Crippen LogP contribution is -2.06. The third kappa shape index (κ3) is 4.08. The monoisotopic (exact) mass is 311 g/mol. The number of fused-ring (bicyclic) bond motifs is 1. The summed E-state index contributed by atoms with van der Waals surface area (Å²) >= 11 is 1.36. The van der Waals surface area contributed by atoms with Crippen molar-refractivity contribution in [1.29, 1.82) is 0 Å². The SMILES string of the molecule is CCNc1nc(SCCS(C)(=O)=O)nc2ccccc12. The molecule has 0 atom stereocenters. The number of thioether (sulfide) groups is 1. The smallest absolute Gasteiger partial charge is 0.190 e. The van der Waals surface area contributed by atoms with Crippen molar-refractivity contribution in [3.8, 4) is 0 Å². The Morgan fingerprint density at radius 2 is 2.00 bits per heavy atom. The van der Waals surface area contributed by atoms with E-state index in [0.717, 1.165) is 23.3 Å². The largest absolute Gasteiger partial charge is 0.370 e. The highest BCUT2D eigenvalue weighted by Gasteiger charge is 2.09. The van der Waals surface area contributed by atoms with Gasteiger partial charge in [-0.3, -0.25) is 0 Å². The molecule has 0 amide bonds. The molecule has 20 heavy (non-hydrogen) atoms. The summed E-state index contributed by atoms with van der Waals surface area (Å²) in [6.07, 6.45) is 1.23. The third-order valence-electron chi connectivity index (χ3n) is 2.61. The quantitative estimate of drug-likeness (QED) is 0.651. The van der Waals surface area contributed by atoms with Crippen LogP contribution in [0.1, 0.15) is 6.92 Å². The first-order chi connectivity index (χ1) is 9.49. The number of rotatable bonds is 6. The van der Waals surface area contributed by atoms with Crippen LogP contribution in [-0.2, 0) is 9.84 Å².